The molecule has 0 aliphatic rings. The normalized spacial score (nSPS) is 12.9. The Morgan fingerprint density at radius 3 is 1.93 bits per heavy atom. The molecule has 0 spiro atoms. The summed E-state index contributed by atoms with van der Waals surface area (Å²) in [6.45, 7) is 3.48. The predicted molar refractivity (Wildman–Crippen MR) is 54.1 cm³/mol. The largest absolute Gasteiger partial charge is 0.397 e. The van der Waals surface area contributed by atoms with Gasteiger partial charge in [-0.3, -0.25) is 4.55 Å². The number of primary amides is 2. The molecule has 9 heteroatoms. The standard InChI is InChI=1S/C5H13NO4S.CH4N2O/c1-4(2)5(6)3-10-11(7,8)9;2-1(3)4/h4-5H,3,6H2,1-2H3,(H,7,8,9);(H4,2,3,4)/t5-;/m1./s1. The molecule has 0 radical (unpaired) electrons. The maximum absolute atomic E-state index is 10.0. The van der Waals surface area contributed by atoms with Crippen molar-refractivity contribution in [3.8, 4) is 0 Å². The zero-order valence-electron chi connectivity index (χ0n) is 8.58. The molecule has 15 heavy (non-hydrogen) atoms. The molecule has 0 aliphatic heterocycles. The fraction of sp³-hybridized carbons (Fsp3) is 0.833. The maximum Gasteiger partial charge on any atom is 0.397 e. The van der Waals surface area contributed by atoms with Crippen molar-refractivity contribution >= 4 is 16.4 Å². The highest BCUT2D eigenvalue weighted by molar-refractivity contribution is 7.80. The Balaban J connectivity index is 0. The van der Waals surface area contributed by atoms with Crippen LogP contribution >= 0.6 is 0 Å². The first-order chi connectivity index (χ1) is 6.56. The Bertz CT molecular complexity index is 272. The van der Waals surface area contributed by atoms with Gasteiger partial charge in [-0.2, -0.15) is 8.42 Å². The lowest BCUT2D eigenvalue weighted by Crippen LogP contribution is -2.32. The van der Waals surface area contributed by atoms with Crippen LogP contribution in [0.5, 0.6) is 0 Å². The van der Waals surface area contributed by atoms with E-state index in [1.54, 1.807) is 0 Å². The fourth-order valence-corrected chi connectivity index (χ4v) is 0.686. The van der Waals surface area contributed by atoms with Crippen LogP contribution in [0.25, 0.3) is 0 Å². The van der Waals surface area contributed by atoms with Crippen molar-refractivity contribution in [3.05, 3.63) is 0 Å². The van der Waals surface area contributed by atoms with Crippen molar-refractivity contribution in [2.24, 2.45) is 23.1 Å². The van der Waals surface area contributed by atoms with Crippen molar-refractivity contribution in [1.29, 1.82) is 0 Å². The quantitative estimate of drug-likeness (QED) is 0.454. The first kappa shape index (κ1) is 16.5. The SMILES string of the molecule is CC(C)[C@H](N)COS(=O)(=O)O.NC(N)=O. The molecular weight excluding hydrogens is 226 g/mol. The van der Waals surface area contributed by atoms with E-state index in [4.69, 9.17) is 15.1 Å². The van der Waals surface area contributed by atoms with Crippen molar-refractivity contribution in [2.45, 2.75) is 19.9 Å². The number of rotatable bonds is 4. The van der Waals surface area contributed by atoms with E-state index in [9.17, 15) is 8.42 Å². The second-order valence-corrected chi connectivity index (χ2v) is 4.11. The van der Waals surface area contributed by atoms with E-state index in [2.05, 4.69) is 15.7 Å². The molecule has 1 atom stereocenters. The van der Waals surface area contributed by atoms with Crippen LogP contribution in [0.2, 0.25) is 0 Å². The van der Waals surface area contributed by atoms with Crippen molar-refractivity contribution < 1.29 is 21.9 Å². The third kappa shape index (κ3) is 19.5. The Labute approximate surface area is 88.7 Å². The van der Waals surface area contributed by atoms with Crippen LogP contribution in [0.4, 0.5) is 4.79 Å². The van der Waals surface area contributed by atoms with E-state index < -0.39 is 16.4 Å². The molecule has 0 fully saturated rings. The minimum absolute atomic E-state index is 0.122. The Morgan fingerprint density at radius 2 is 1.73 bits per heavy atom. The molecule has 0 aromatic rings. The van der Waals surface area contributed by atoms with Gasteiger partial charge in [0.2, 0.25) is 0 Å². The first-order valence-corrected chi connectivity index (χ1v) is 5.35. The van der Waals surface area contributed by atoms with Crippen molar-refractivity contribution in [2.75, 3.05) is 6.61 Å². The number of hydrogen-bond donors (Lipinski definition) is 4. The molecule has 2 amide bonds. The number of carbonyl (C=O) groups excluding carboxylic acids is 1. The molecule has 0 rings (SSSR count). The summed E-state index contributed by atoms with van der Waals surface area (Å²) in [5.41, 5.74) is 13.9. The Hall–Kier alpha value is -0.900. The van der Waals surface area contributed by atoms with Crippen LogP contribution in [-0.2, 0) is 14.6 Å². The lowest BCUT2D eigenvalue weighted by atomic mass is 10.1. The zero-order valence-corrected chi connectivity index (χ0v) is 9.40. The number of urea groups is 1. The molecule has 0 saturated heterocycles. The molecule has 0 saturated carbocycles. The molecule has 0 bridgehead atoms. The molecule has 8 nitrogen and oxygen atoms in total. The third-order valence-electron chi connectivity index (χ3n) is 1.27. The van der Waals surface area contributed by atoms with E-state index in [-0.39, 0.29) is 18.6 Å². The van der Waals surface area contributed by atoms with Crippen LogP contribution < -0.4 is 17.2 Å². The smallest absolute Gasteiger partial charge is 0.352 e. The molecule has 92 valence electrons. The van der Waals surface area contributed by atoms with Gasteiger partial charge in [-0.1, -0.05) is 13.8 Å². The highest BCUT2D eigenvalue weighted by Gasteiger charge is 2.12. The van der Waals surface area contributed by atoms with Gasteiger partial charge < -0.3 is 17.2 Å². The first-order valence-electron chi connectivity index (χ1n) is 3.98. The average Bonchev–Trinajstić information content (AvgIpc) is 1.97. The minimum Gasteiger partial charge on any atom is -0.352 e. The summed E-state index contributed by atoms with van der Waals surface area (Å²) in [6, 6.07) is -1.21. The summed E-state index contributed by atoms with van der Waals surface area (Å²) in [5.74, 6) is 0.122. The lowest BCUT2D eigenvalue weighted by Gasteiger charge is -2.13. The van der Waals surface area contributed by atoms with Gasteiger partial charge in [0.15, 0.2) is 0 Å². The van der Waals surface area contributed by atoms with Gasteiger partial charge in [0, 0.05) is 6.04 Å². The van der Waals surface area contributed by atoms with Gasteiger partial charge in [0.1, 0.15) is 0 Å². The van der Waals surface area contributed by atoms with Gasteiger partial charge >= 0.3 is 16.4 Å². The number of carbonyl (C=O) groups is 1. The highest BCUT2D eigenvalue weighted by atomic mass is 32.3. The fourth-order valence-electron chi connectivity index (χ4n) is 0.357. The van der Waals surface area contributed by atoms with Crippen LogP contribution in [0.3, 0.4) is 0 Å². The molecular formula is C6H17N3O5S. The summed E-state index contributed by atoms with van der Waals surface area (Å²) < 4.78 is 32.3. The Morgan fingerprint density at radius 1 is 1.40 bits per heavy atom. The summed E-state index contributed by atoms with van der Waals surface area (Å²) in [5, 5.41) is 0. The van der Waals surface area contributed by atoms with Crippen LogP contribution in [0.1, 0.15) is 13.8 Å². The van der Waals surface area contributed by atoms with E-state index >= 15 is 0 Å². The second-order valence-electron chi connectivity index (χ2n) is 3.02. The number of nitrogens with two attached hydrogens (primary N) is 3. The van der Waals surface area contributed by atoms with E-state index in [0.717, 1.165) is 0 Å². The van der Waals surface area contributed by atoms with Crippen LogP contribution in [0.15, 0.2) is 0 Å². The van der Waals surface area contributed by atoms with Gasteiger partial charge in [0.05, 0.1) is 6.61 Å². The second kappa shape index (κ2) is 7.40. The zero-order chi connectivity index (χ0) is 12.6. The monoisotopic (exact) mass is 243 g/mol. The third-order valence-corrected chi connectivity index (χ3v) is 1.70. The highest BCUT2D eigenvalue weighted by Crippen LogP contribution is 1.99. The molecule has 0 heterocycles. The lowest BCUT2D eigenvalue weighted by molar-refractivity contribution is 0.231. The maximum atomic E-state index is 10.0. The molecule has 0 unspecified atom stereocenters. The van der Waals surface area contributed by atoms with Gasteiger partial charge in [0.25, 0.3) is 0 Å². The van der Waals surface area contributed by atoms with Crippen LogP contribution in [-0.4, -0.2) is 31.7 Å². The topological polar surface area (TPSA) is 159 Å². The summed E-state index contributed by atoms with van der Waals surface area (Å²) in [7, 11) is -4.33. The number of amides is 2. The predicted octanol–water partition coefficient (Wildman–Crippen LogP) is -1.19. The summed E-state index contributed by atoms with van der Waals surface area (Å²) in [4.78, 5) is 9.00. The molecule has 0 aliphatic carbocycles. The molecule has 0 aromatic heterocycles. The summed E-state index contributed by atoms with van der Waals surface area (Å²) >= 11 is 0. The van der Waals surface area contributed by atoms with Crippen molar-refractivity contribution in [3.63, 3.8) is 0 Å². The van der Waals surface area contributed by atoms with Crippen LogP contribution in [0, 0.1) is 5.92 Å². The minimum atomic E-state index is -4.33. The van der Waals surface area contributed by atoms with Gasteiger partial charge in [-0.25, -0.2) is 8.98 Å². The molecule has 7 N–H and O–H groups in total. The van der Waals surface area contributed by atoms with Crippen molar-refractivity contribution in [1.82, 2.24) is 0 Å². The molecule has 0 aromatic carbocycles. The van der Waals surface area contributed by atoms with E-state index in [0.29, 0.717) is 0 Å². The van der Waals surface area contributed by atoms with E-state index in [1.807, 2.05) is 13.8 Å². The Kier molecular flexibility index (Phi) is 8.15. The summed E-state index contributed by atoms with van der Waals surface area (Å²) in [6.07, 6.45) is 0. The van der Waals surface area contributed by atoms with E-state index in [1.165, 1.54) is 0 Å². The number of hydrogen-bond acceptors (Lipinski definition) is 5. The van der Waals surface area contributed by atoms with Gasteiger partial charge in [-0.15, -0.1) is 0 Å². The van der Waals surface area contributed by atoms with Gasteiger partial charge in [-0.05, 0) is 5.92 Å². The average molecular weight is 243 g/mol.